The Morgan fingerprint density at radius 2 is 0.829 bits per heavy atom. The Morgan fingerprint density at radius 1 is 0.487 bits per heavy atom. The highest BCUT2D eigenvalue weighted by atomic mass is 32.3. The molecule has 6 atom stereocenters. The molecule has 4 N–H and O–H groups in total. The van der Waals surface area contributed by atoms with E-state index in [2.05, 4.69) is 42.3 Å². The van der Waals surface area contributed by atoms with Crippen LogP contribution in [0.15, 0.2) is 24.3 Å². The van der Waals surface area contributed by atoms with Crippen LogP contribution in [0.4, 0.5) is 0 Å². The predicted octanol–water partition coefficient (Wildman–Crippen LogP) is 16.7. The van der Waals surface area contributed by atoms with Crippen molar-refractivity contribution in [1.82, 2.24) is 0 Å². The van der Waals surface area contributed by atoms with Crippen molar-refractivity contribution in [2.24, 2.45) is 0 Å². The summed E-state index contributed by atoms with van der Waals surface area (Å²) in [5, 5.41) is 30.9. The molecule has 13 heteroatoms. The van der Waals surface area contributed by atoms with Crippen molar-refractivity contribution in [1.29, 1.82) is 0 Å². The Bertz CT molecular complexity index is 1410. The molecule has 1 aliphatic heterocycles. The van der Waals surface area contributed by atoms with Gasteiger partial charge in [0.15, 0.2) is 6.29 Å². The Hall–Kier alpha value is -1.42. The lowest BCUT2D eigenvalue weighted by molar-refractivity contribution is -0.301. The van der Waals surface area contributed by atoms with Gasteiger partial charge in [-0.05, 0) is 64.2 Å². The van der Waals surface area contributed by atoms with Gasteiger partial charge in [-0.3, -0.25) is 9.35 Å². The molecule has 1 heterocycles. The number of unbranched alkanes of at least 4 members (excludes halogenated alkanes) is 41. The van der Waals surface area contributed by atoms with Crippen molar-refractivity contribution in [3.63, 3.8) is 0 Å². The molecule has 12 nitrogen and oxygen atoms in total. The number of carbonyl (C=O) groups is 1. The summed E-state index contributed by atoms with van der Waals surface area (Å²) >= 11 is 0. The third-order valence-electron chi connectivity index (χ3n) is 15.0. The fourth-order valence-corrected chi connectivity index (χ4v) is 10.7. The van der Waals surface area contributed by atoms with Crippen LogP contribution < -0.4 is 0 Å². The average Bonchev–Trinajstić information content (AvgIpc) is 3.40. The average molecular weight is 1100 g/mol. The summed E-state index contributed by atoms with van der Waals surface area (Å²) in [5.41, 5.74) is 0. The molecule has 1 rings (SSSR count). The van der Waals surface area contributed by atoms with E-state index in [0.717, 1.165) is 38.5 Å². The van der Waals surface area contributed by atoms with E-state index >= 15 is 0 Å². The maximum Gasteiger partial charge on any atom is 0.397 e. The van der Waals surface area contributed by atoms with Gasteiger partial charge in [-0.15, -0.1) is 0 Å². The molecule has 76 heavy (non-hydrogen) atoms. The molecule has 0 aromatic carbocycles. The molecule has 1 fully saturated rings. The molecular weight excluding hydrogens is 981 g/mol. The van der Waals surface area contributed by atoms with Crippen LogP contribution in [-0.4, -0.2) is 97.5 Å². The van der Waals surface area contributed by atoms with Crippen molar-refractivity contribution in [2.45, 2.75) is 346 Å². The van der Waals surface area contributed by atoms with Gasteiger partial charge >= 0.3 is 16.4 Å². The second-order valence-corrected chi connectivity index (χ2v) is 23.4. The Balaban J connectivity index is 2.23. The molecule has 1 saturated heterocycles. The third-order valence-corrected chi connectivity index (χ3v) is 15.5. The van der Waals surface area contributed by atoms with Gasteiger partial charge in [-0.2, -0.15) is 8.42 Å². The zero-order valence-corrected chi connectivity index (χ0v) is 49.9. The van der Waals surface area contributed by atoms with Crippen molar-refractivity contribution >= 4 is 16.4 Å². The first kappa shape index (κ1) is 72.6. The van der Waals surface area contributed by atoms with Crippen LogP contribution in [0.25, 0.3) is 0 Å². The molecule has 450 valence electrons. The first-order valence-electron chi connectivity index (χ1n) is 32.1. The van der Waals surface area contributed by atoms with E-state index in [-0.39, 0.29) is 19.6 Å². The number of aliphatic hydroxyl groups is 3. The Labute approximate surface area is 467 Å². The van der Waals surface area contributed by atoms with Gasteiger partial charge in [-0.25, -0.2) is 4.18 Å². The van der Waals surface area contributed by atoms with Crippen LogP contribution in [0.1, 0.15) is 309 Å². The summed E-state index contributed by atoms with van der Waals surface area (Å²) in [6.45, 7) is 4.06. The summed E-state index contributed by atoms with van der Waals surface area (Å²) in [4.78, 5) is 13.0. The molecule has 6 unspecified atom stereocenters. The number of hydrogen-bond acceptors (Lipinski definition) is 11. The lowest BCUT2D eigenvalue weighted by Gasteiger charge is -2.41. The van der Waals surface area contributed by atoms with Crippen molar-refractivity contribution in [3.8, 4) is 0 Å². The smallest absolute Gasteiger partial charge is 0.397 e. The zero-order chi connectivity index (χ0) is 55.3. The third kappa shape index (κ3) is 46.3. The molecule has 0 aliphatic carbocycles. The van der Waals surface area contributed by atoms with E-state index in [9.17, 15) is 33.1 Å². The molecule has 0 aromatic heterocycles. The standard InChI is InChI=1S/C63H120O12S/c1-3-5-7-9-11-13-15-17-19-21-23-25-27-28-29-31-33-35-37-39-41-43-45-47-49-51-53-71-55-57(56-72-63-61(67)62(75-76(68,69)70)60(66)58(54-64)74-63)73-59(65)52-50-48-46-44-42-40-38-36-34-32-30-26-24-22-20-18-16-14-12-10-8-6-4-2/h21-24,57-58,60-64,66-67H,3-20,25-56H2,1-2H3,(H,68,69,70)/b23-21-,24-22-. The number of carbonyl (C=O) groups excluding carboxylic acids is 1. The van der Waals surface area contributed by atoms with Gasteiger partial charge in [0.05, 0.1) is 19.8 Å². The quantitative estimate of drug-likeness (QED) is 0.0196. The molecule has 0 bridgehead atoms. The zero-order valence-electron chi connectivity index (χ0n) is 49.1. The maximum absolute atomic E-state index is 13.0. The number of rotatable bonds is 58. The van der Waals surface area contributed by atoms with E-state index in [1.165, 1.54) is 244 Å². The lowest BCUT2D eigenvalue weighted by atomic mass is 9.99. The van der Waals surface area contributed by atoms with Crippen LogP contribution in [0.2, 0.25) is 0 Å². The molecule has 0 spiro atoms. The number of esters is 1. The van der Waals surface area contributed by atoms with Gasteiger partial charge in [-0.1, -0.05) is 263 Å². The normalized spacial score (nSPS) is 18.6. The van der Waals surface area contributed by atoms with E-state index in [1.807, 2.05) is 0 Å². The highest BCUT2D eigenvalue weighted by Crippen LogP contribution is 2.26. The van der Waals surface area contributed by atoms with Crippen molar-refractivity contribution in [2.75, 3.05) is 26.4 Å². The second kappa shape index (κ2) is 54.2. The Kier molecular flexibility index (Phi) is 51.8. The summed E-state index contributed by atoms with van der Waals surface area (Å²) in [5.74, 6) is -0.393. The van der Waals surface area contributed by atoms with Crippen LogP contribution in [-0.2, 0) is 38.3 Å². The van der Waals surface area contributed by atoms with E-state index < -0.39 is 59.8 Å². The van der Waals surface area contributed by atoms with Crippen molar-refractivity contribution in [3.05, 3.63) is 24.3 Å². The van der Waals surface area contributed by atoms with Gasteiger partial charge < -0.3 is 34.3 Å². The first-order valence-corrected chi connectivity index (χ1v) is 33.5. The number of hydrogen-bond donors (Lipinski definition) is 4. The second-order valence-electron chi connectivity index (χ2n) is 22.4. The fourth-order valence-electron chi connectivity index (χ4n) is 10.2. The first-order chi connectivity index (χ1) is 37.1. The predicted molar refractivity (Wildman–Crippen MR) is 313 cm³/mol. The molecule has 0 amide bonds. The lowest BCUT2D eigenvalue weighted by Crippen LogP contribution is -2.60. The topological polar surface area (TPSA) is 178 Å². The fraction of sp³-hybridized carbons (Fsp3) is 0.921. The molecule has 0 saturated carbocycles. The highest BCUT2D eigenvalue weighted by molar-refractivity contribution is 7.80. The monoisotopic (exact) mass is 1100 g/mol. The molecule has 1 aliphatic rings. The van der Waals surface area contributed by atoms with E-state index in [1.54, 1.807) is 0 Å². The largest absolute Gasteiger partial charge is 0.457 e. The maximum atomic E-state index is 13.0. The molecule has 0 aromatic rings. The van der Waals surface area contributed by atoms with Gasteiger partial charge in [0.1, 0.15) is 30.5 Å². The van der Waals surface area contributed by atoms with Crippen LogP contribution in [0.3, 0.4) is 0 Å². The summed E-state index contributed by atoms with van der Waals surface area (Å²) in [7, 11) is -5.07. The minimum absolute atomic E-state index is 0.0405. The van der Waals surface area contributed by atoms with E-state index in [4.69, 9.17) is 18.9 Å². The summed E-state index contributed by atoms with van der Waals surface area (Å²) < 4.78 is 59.6. The minimum Gasteiger partial charge on any atom is -0.457 e. The number of ether oxygens (including phenoxy) is 4. The Morgan fingerprint density at radius 3 is 1.18 bits per heavy atom. The van der Waals surface area contributed by atoms with Gasteiger partial charge in [0.25, 0.3) is 0 Å². The summed E-state index contributed by atoms with van der Waals surface area (Å²) in [6, 6.07) is 0. The van der Waals surface area contributed by atoms with Crippen LogP contribution >= 0.6 is 0 Å². The highest BCUT2D eigenvalue weighted by Gasteiger charge is 2.48. The number of allylic oxidation sites excluding steroid dienone is 4. The van der Waals surface area contributed by atoms with Gasteiger partial charge in [0.2, 0.25) is 0 Å². The molecule has 0 radical (unpaired) electrons. The number of aliphatic hydroxyl groups excluding tert-OH is 3. The van der Waals surface area contributed by atoms with Crippen LogP contribution in [0.5, 0.6) is 0 Å². The SMILES string of the molecule is CCCCCCCCCC/C=C\CCCCCCCCCCCCCCCCOCC(COC1OC(CO)C(O)C(OS(=O)(=O)O)C1O)OC(=O)CCCCCCCCCCCCC/C=C\CCCCCCCCCC. The summed E-state index contributed by atoms with van der Waals surface area (Å²) in [6.07, 6.45) is 58.0. The minimum atomic E-state index is -5.07. The van der Waals surface area contributed by atoms with Gasteiger partial charge in [0, 0.05) is 13.0 Å². The molecular formula is C63H120O12S. The van der Waals surface area contributed by atoms with E-state index in [0.29, 0.717) is 13.0 Å². The van der Waals surface area contributed by atoms with Crippen LogP contribution in [0, 0.1) is 0 Å². The van der Waals surface area contributed by atoms with Crippen molar-refractivity contribution < 1.29 is 56.2 Å².